The zero-order chi connectivity index (χ0) is 13.5. The molecule has 0 radical (unpaired) electrons. The monoisotopic (exact) mass is 267 g/mol. The number of hydrogen-bond acceptors (Lipinski definition) is 3. The third-order valence-electron chi connectivity index (χ3n) is 4.89. The Labute approximate surface area is 119 Å². The first-order valence-electron chi connectivity index (χ1n) is 8.47. The summed E-state index contributed by atoms with van der Waals surface area (Å²) in [5, 5.41) is 3.84. The maximum absolute atomic E-state index is 3.84. The Balaban J connectivity index is 1.93. The summed E-state index contributed by atoms with van der Waals surface area (Å²) in [4.78, 5) is 5.24. The smallest absolute Gasteiger partial charge is 0.0250 e. The fourth-order valence-corrected chi connectivity index (χ4v) is 3.62. The molecule has 1 heterocycles. The Bertz CT molecular complexity index is 234. The second-order valence-electron chi connectivity index (χ2n) is 6.46. The van der Waals surface area contributed by atoms with Gasteiger partial charge in [0.25, 0.3) is 0 Å². The van der Waals surface area contributed by atoms with E-state index in [0.29, 0.717) is 0 Å². The van der Waals surface area contributed by atoms with Gasteiger partial charge in [0.1, 0.15) is 0 Å². The van der Waals surface area contributed by atoms with Crippen molar-refractivity contribution in [2.75, 3.05) is 39.8 Å². The normalized spacial score (nSPS) is 31.9. The van der Waals surface area contributed by atoms with Gasteiger partial charge in [0.15, 0.2) is 0 Å². The van der Waals surface area contributed by atoms with Gasteiger partial charge in [-0.3, -0.25) is 4.90 Å². The van der Waals surface area contributed by atoms with Crippen molar-refractivity contribution in [1.29, 1.82) is 0 Å². The fraction of sp³-hybridized carbons (Fsp3) is 1.00. The first-order chi connectivity index (χ1) is 9.31. The van der Waals surface area contributed by atoms with Gasteiger partial charge in [0.2, 0.25) is 0 Å². The highest BCUT2D eigenvalue weighted by Gasteiger charge is 2.29. The molecule has 0 aromatic carbocycles. The molecule has 2 rings (SSSR count). The molecular formula is C16H33N3. The SMILES string of the molecule is CCCNC1CCCCCCC1N1CCN(C)CC1. The van der Waals surface area contributed by atoms with Crippen LogP contribution < -0.4 is 5.32 Å². The summed E-state index contributed by atoms with van der Waals surface area (Å²) in [6.07, 6.45) is 9.80. The van der Waals surface area contributed by atoms with Crippen LogP contribution in [0.5, 0.6) is 0 Å². The quantitative estimate of drug-likeness (QED) is 0.843. The highest BCUT2D eigenvalue weighted by molar-refractivity contribution is 4.88. The van der Waals surface area contributed by atoms with Gasteiger partial charge in [-0.05, 0) is 32.9 Å². The van der Waals surface area contributed by atoms with Crippen molar-refractivity contribution >= 4 is 0 Å². The first-order valence-corrected chi connectivity index (χ1v) is 8.47. The van der Waals surface area contributed by atoms with E-state index in [2.05, 4.69) is 29.1 Å². The molecule has 0 spiro atoms. The standard InChI is InChI=1S/C16H33N3/c1-3-10-17-15-8-6-4-5-7-9-16(15)19-13-11-18(2)12-14-19/h15-17H,3-14H2,1-2H3. The predicted molar refractivity (Wildman–Crippen MR) is 82.6 cm³/mol. The van der Waals surface area contributed by atoms with Crippen LogP contribution >= 0.6 is 0 Å². The molecule has 3 nitrogen and oxygen atoms in total. The second-order valence-corrected chi connectivity index (χ2v) is 6.46. The van der Waals surface area contributed by atoms with Gasteiger partial charge in [-0.25, -0.2) is 0 Å². The summed E-state index contributed by atoms with van der Waals surface area (Å²) in [6.45, 7) is 8.50. The average Bonchev–Trinajstić information content (AvgIpc) is 2.39. The lowest BCUT2D eigenvalue weighted by Crippen LogP contribution is -2.56. The van der Waals surface area contributed by atoms with E-state index in [0.717, 1.165) is 12.1 Å². The van der Waals surface area contributed by atoms with Gasteiger partial charge >= 0.3 is 0 Å². The number of piperazine rings is 1. The van der Waals surface area contributed by atoms with Crippen LogP contribution in [-0.4, -0.2) is 61.7 Å². The number of nitrogens with one attached hydrogen (secondary N) is 1. The van der Waals surface area contributed by atoms with E-state index in [4.69, 9.17) is 0 Å². The predicted octanol–water partition coefficient (Wildman–Crippen LogP) is 2.32. The maximum atomic E-state index is 3.84. The van der Waals surface area contributed by atoms with E-state index < -0.39 is 0 Å². The fourth-order valence-electron chi connectivity index (χ4n) is 3.62. The molecule has 0 amide bonds. The third kappa shape index (κ3) is 4.73. The van der Waals surface area contributed by atoms with Crippen LogP contribution in [0.15, 0.2) is 0 Å². The summed E-state index contributed by atoms with van der Waals surface area (Å²) in [6, 6.07) is 1.53. The van der Waals surface area contributed by atoms with Gasteiger partial charge in [0.05, 0.1) is 0 Å². The average molecular weight is 267 g/mol. The van der Waals surface area contributed by atoms with Crippen LogP contribution in [0, 0.1) is 0 Å². The summed E-state index contributed by atoms with van der Waals surface area (Å²) >= 11 is 0. The largest absolute Gasteiger partial charge is 0.312 e. The van der Waals surface area contributed by atoms with E-state index in [-0.39, 0.29) is 0 Å². The van der Waals surface area contributed by atoms with E-state index in [1.54, 1.807) is 0 Å². The molecule has 2 aliphatic rings. The molecule has 2 unspecified atom stereocenters. The number of likely N-dealkylation sites (N-methyl/N-ethyl adjacent to an activating group) is 1. The van der Waals surface area contributed by atoms with Crippen LogP contribution in [-0.2, 0) is 0 Å². The highest BCUT2D eigenvalue weighted by Crippen LogP contribution is 2.23. The third-order valence-corrected chi connectivity index (χ3v) is 4.89. The zero-order valence-corrected chi connectivity index (χ0v) is 13.0. The number of rotatable bonds is 4. The Morgan fingerprint density at radius 1 is 0.947 bits per heavy atom. The van der Waals surface area contributed by atoms with Crippen molar-refractivity contribution in [3.05, 3.63) is 0 Å². The van der Waals surface area contributed by atoms with E-state index in [1.807, 2.05) is 0 Å². The number of nitrogens with zero attached hydrogens (tertiary/aromatic N) is 2. The van der Waals surface area contributed by atoms with Crippen LogP contribution in [0.2, 0.25) is 0 Å². The summed E-state index contributed by atoms with van der Waals surface area (Å²) in [5.74, 6) is 0. The van der Waals surface area contributed by atoms with E-state index in [1.165, 1.54) is 77.7 Å². The minimum atomic E-state index is 0.739. The van der Waals surface area contributed by atoms with Crippen LogP contribution in [0.4, 0.5) is 0 Å². The van der Waals surface area contributed by atoms with E-state index in [9.17, 15) is 0 Å². The Morgan fingerprint density at radius 2 is 1.63 bits per heavy atom. The zero-order valence-electron chi connectivity index (χ0n) is 13.0. The molecule has 1 aliphatic heterocycles. The van der Waals surface area contributed by atoms with Gasteiger partial charge in [-0.2, -0.15) is 0 Å². The molecule has 1 aliphatic carbocycles. The van der Waals surface area contributed by atoms with Crippen LogP contribution in [0.1, 0.15) is 51.9 Å². The first kappa shape index (κ1) is 15.3. The molecular weight excluding hydrogens is 234 g/mol. The van der Waals surface area contributed by atoms with Crippen LogP contribution in [0.25, 0.3) is 0 Å². The summed E-state index contributed by atoms with van der Waals surface area (Å²) in [7, 11) is 2.25. The Kier molecular flexibility index (Phi) is 6.62. The maximum Gasteiger partial charge on any atom is 0.0250 e. The molecule has 2 atom stereocenters. The lowest BCUT2D eigenvalue weighted by atomic mass is 9.90. The molecule has 0 aromatic heterocycles. The lowest BCUT2D eigenvalue weighted by molar-refractivity contribution is 0.0783. The number of hydrogen-bond donors (Lipinski definition) is 1. The molecule has 1 N–H and O–H groups in total. The van der Waals surface area contributed by atoms with Crippen molar-refractivity contribution in [2.24, 2.45) is 0 Å². The van der Waals surface area contributed by atoms with Crippen molar-refractivity contribution in [3.63, 3.8) is 0 Å². The second kappa shape index (κ2) is 8.23. The molecule has 0 aromatic rings. The van der Waals surface area contributed by atoms with Gasteiger partial charge in [-0.1, -0.05) is 32.6 Å². The van der Waals surface area contributed by atoms with Crippen molar-refractivity contribution in [1.82, 2.24) is 15.1 Å². The van der Waals surface area contributed by atoms with Gasteiger partial charge in [-0.15, -0.1) is 0 Å². The van der Waals surface area contributed by atoms with Crippen molar-refractivity contribution < 1.29 is 0 Å². The minimum absolute atomic E-state index is 0.739. The molecule has 0 bridgehead atoms. The highest BCUT2D eigenvalue weighted by atomic mass is 15.3. The molecule has 3 heteroatoms. The Morgan fingerprint density at radius 3 is 2.32 bits per heavy atom. The van der Waals surface area contributed by atoms with Gasteiger partial charge < -0.3 is 10.2 Å². The van der Waals surface area contributed by atoms with Crippen molar-refractivity contribution in [2.45, 2.75) is 64.0 Å². The van der Waals surface area contributed by atoms with Crippen molar-refractivity contribution in [3.8, 4) is 0 Å². The minimum Gasteiger partial charge on any atom is -0.312 e. The summed E-state index contributed by atoms with van der Waals surface area (Å²) < 4.78 is 0. The molecule has 2 fully saturated rings. The summed E-state index contributed by atoms with van der Waals surface area (Å²) in [5.41, 5.74) is 0. The molecule has 1 saturated heterocycles. The molecule has 112 valence electrons. The Hall–Kier alpha value is -0.120. The molecule has 19 heavy (non-hydrogen) atoms. The topological polar surface area (TPSA) is 18.5 Å². The lowest BCUT2D eigenvalue weighted by Gasteiger charge is -2.42. The van der Waals surface area contributed by atoms with E-state index >= 15 is 0 Å². The van der Waals surface area contributed by atoms with Crippen LogP contribution in [0.3, 0.4) is 0 Å². The molecule has 1 saturated carbocycles. The van der Waals surface area contributed by atoms with Gasteiger partial charge in [0, 0.05) is 38.3 Å².